The molecule has 0 radical (unpaired) electrons. The third-order valence-electron chi connectivity index (χ3n) is 3.62. The summed E-state index contributed by atoms with van der Waals surface area (Å²) in [7, 11) is 1.47. The van der Waals surface area contributed by atoms with Gasteiger partial charge in [0.2, 0.25) is 0 Å². The van der Waals surface area contributed by atoms with Gasteiger partial charge in [-0.25, -0.2) is 0 Å². The third kappa shape index (κ3) is 2.08. The number of rotatable bonds is 3. The Bertz CT molecular complexity index is 217. The van der Waals surface area contributed by atoms with Crippen molar-refractivity contribution >= 4 is 5.97 Å². The summed E-state index contributed by atoms with van der Waals surface area (Å²) < 4.78 is 4.66. The summed E-state index contributed by atoms with van der Waals surface area (Å²) in [6.07, 6.45) is 6.83. The maximum atomic E-state index is 11.0. The lowest BCUT2D eigenvalue weighted by molar-refractivity contribution is -0.140. The molecular weight excluding hydrogens is 178 g/mol. The van der Waals surface area contributed by atoms with Crippen LogP contribution < -0.4 is 5.32 Å². The second-order valence-corrected chi connectivity index (χ2v) is 4.51. The average Bonchev–Trinajstić information content (AvgIpc) is 2.50. The van der Waals surface area contributed by atoms with E-state index in [0.29, 0.717) is 18.4 Å². The van der Waals surface area contributed by atoms with Crippen LogP contribution in [-0.2, 0) is 9.53 Å². The van der Waals surface area contributed by atoms with Crippen LogP contribution in [0.1, 0.15) is 38.5 Å². The number of fused-ring (bicyclic) bond motifs is 2. The predicted octanol–water partition coefficient (Wildman–Crippen LogP) is 1.47. The van der Waals surface area contributed by atoms with Gasteiger partial charge in [-0.3, -0.25) is 4.79 Å². The Balaban J connectivity index is 1.78. The Kier molecular flexibility index (Phi) is 3.06. The zero-order valence-corrected chi connectivity index (χ0v) is 8.79. The minimum atomic E-state index is -0.0635. The third-order valence-corrected chi connectivity index (χ3v) is 3.62. The van der Waals surface area contributed by atoms with Crippen LogP contribution in [-0.4, -0.2) is 25.2 Å². The highest BCUT2D eigenvalue weighted by atomic mass is 16.5. The zero-order chi connectivity index (χ0) is 9.97. The van der Waals surface area contributed by atoms with Gasteiger partial charge >= 0.3 is 5.97 Å². The first-order valence-electron chi connectivity index (χ1n) is 5.62. The highest BCUT2D eigenvalue weighted by Gasteiger charge is 2.36. The van der Waals surface area contributed by atoms with Crippen molar-refractivity contribution in [2.24, 2.45) is 5.92 Å². The van der Waals surface area contributed by atoms with Crippen LogP contribution in [0.15, 0.2) is 0 Å². The molecule has 1 N–H and O–H groups in total. The number of ether oxygens (including phenoxy) is 1. The Hall–Kier alpha value is -0.570. The van der Waals surface area contributed by atoms with Crippen molar-refractivity contribution in [3.63, 3.8) is 0 Å². The monoisotopic (exact) mass is 197 g/mol. The van der Waals surface area contributed by atoms with E-state index in [1.165, 1.54) is 32.8 Å². The smallest absolute Gasteiger partial charge is 0.305 e. The number of nitrogens with one attached hydrogen (secondary N) is 1. The van der Waals surface area contributed by atoms with Crippen molar-refractivity contribution in [3.05, 3.63) is 0 Å². The minimum absolute atomic E-state index is 0.0635. The SMILES string of the molecule is COC(=O)CCC1CC2CCCC1N2. The van der Waals surface area contributed by atoms with Gasteiger partial charge in [0.1, 0.15) is 0 Å². The van der Waals surface area contributed by atoms with Gasteiger partial charge in [-0.05, 0) is 31.6 Å². The Labute approximate surface area is 85.2 Å². The largest absolute Gasteiger partial charge is 0.469 e. The van der Waals surface area contributed by atoms with Crippen molar-refractivity contribution < 1.29 is 9.53 Å². The van der Waals surface area contributed by atoms with Crippen molar-refractivity contribution in [2.75, 3.05) is 7.11 Å². The molecule has 2 saturated heterocycles. The van der Waals surface area contributed by atoms with E-state index in [1.807, 2.05) is 0 Å². The number of carbonyl (C=O) groups excluding carboxylic acids is 1. The standard InChI is InChI=1S/C11H19NO2/c1-14-11(13)6-5-8-7-9-3-2-4-10(8)12-9/h8-10,12H,2-7H2,1H3. The van der Waals surface area contributed by atoms with Gasteiger partial charge in [0.15, 0.2) is 0 Å². The molecule has 2 aliphatic rings. The molecule has 3 atom stereocenters. The molecule has 0 aromatic heterocycles. The lowest BCUT2D eigenvalue weighted by Crippen LogP contribution is -2.35. The molecule has 0 spiro atoms. The Morgan fingerprint density at radius 1 is 1.50 bits per heavy atom. The molecule has 80 valence electrons. The molecule has 0 aromatic rings. The Morgan fingerprint density at radius 2 is 2.36 bits per heavy atom. The molecule has 0 saturated carbocycles. The van der Waals surface area contributed by atoms with Crippen molar-refractivity contribution in [2.45, 2.75) is 50.6 Å². The molecule has 2 aliphatic heterocycles. The maximum Gasteiger partial charge on any atom is 0.305 e. The van der Waals surface area contributed by atoms with Crippen molar-refractivity contribution in [3.8, 4) is 0 Å². The molecule has 3 unspecified atom stereocenters. The van der Waals surface area contributed by atoms with E-state index in [1.54, 1.807) is 0 Å². The van der Waals surface area contributed by atoms with Gasteiger partial charge in [0, 0.05) is 18.5 Å². The lowest BCUT2D eigenvalue weighted by atomic mass is 9.94. The van der Waals surface area contributed by atoms with Gasteiger partial charge in [-0.15, -0.1) is 0 Å². The minimum Gasteiger partial charge on any atom is -0.469 e. The molecule has 0 aromatic carbocycles. The number of methoxy groups -OCH3 is 1. The molecule has 2 heterocycles. The van der Waals surface area contributed by atoms with E-state index in [-0.39, 0.29) is 5.97 Å². The summed E-state index contributed by atoms with van der Waals surface area (Å²) in [5.41, 5.74) is 0. The van der Waals surface area contributed by atoms with E-state index in [0.717, 1.165) is 12.5 Å². The molecule has 0 aliphatic carbocycles. The number of carbonyl (C=O) groups is 1. The van der Waals surface area contributed by atoms with E-state index in [9.17, 15) is 4.79 Å². The second kappa shape index (κ2) is 4.30. The van der Waals surface area contributed by atoms with E-state index >= 15 is 0 Å². The fourth-order valence-corrected chi connectivity index (χ4v) is 2.87. The van der Waals surface area contributed by atoms with Crippen LogP contribution >= 0.6 is 0 Å². The van der Waals surface area contributed by atoms with Crippen LogP contribution in [0.5, 0.6) is 0 Å². The molecule has 0 amide bonds. The molecule has 3 heteroatoms. The molecule has 14 heavy (non-hydrogen) atoms. The first kappa shape index (κ1) is 9.97. The molecule has 3 nitrogen and oxygen atoms in total. The molecule has 2 rings (SSSR count). The van der Waals surface area contributed by atoms with E-state index in [2.05, 4.69) is 10.1 Å². The number of hydrogen-bond acceptors (Lipinski definition) is 3. The van der Waals surface area contributed by atoms with Gasteiger partial charge < -0.3 is 10.1 Å². The lowest BCUT2D eigenvalue weighted by Gasteiger charge is -2.22. The summed E-state index contributed by atoms with van der Waals surface area (Å²) in [4.78, 5) is 11.0. The number of esters is 1. The van der Waals surface area contributed by atoms with Crippen LogP contribution in [0.25, 0.3) is 0 Å². The zero-order valence-electron chi connectivity index (χ0n) is 8.79. The van der Waals surface area contributed by atoms with Gasteiger partial charge in [0.05, 0.1) is 7.11 Å². The molecule has 2 bridgehead atoms. The molecule has 2 fully saturated rings. The van der Waals surface area contributed by atoms with Crippen LogP contribution in [0, 0.1) is 5.92 Å². The maximum absolute atomic E-state index is 11.0. The summed E-state index contributed by atoms with van der Waals surface area (Å²) in [6.45, 7) is 0. The van der Waals surface area contributed by atoms with Crippen LogP contribution in [0.3, 0.4) is 0 Å². The summed E-state index contributed by atoms with van der Waals surface area (Å²) in [6, 6.07) is 1.41. The van der Waals surface area contributed by atoms with Crippen molar-refractivity contribution in [1.29, 1.82) is 0 Å². The average molecular weight is 197 g/mol. The van der Waals surface area contributed by atoms with Crippen molar-refractivity contribution in [1.82, 2.24) is 5.32 Å². The van der Waals surface area contributed by atoms with Crippen LogP contribution in [0.4, 0.5) is 0 Å². The van der Waals surface area contributed by atoms with Gasteiger partial charge in [-0.2, -0.15) is 0 Å². The predicted molar refractivity (Wildman–Crippen MR) is 53.9 cm³/mol. The highest BCUT2D eigenvalue weighted by Crippen LogP contribution is 2.34. The van der Waals surface area contributed by atoms with Gasteiger partial charge in [-0.1, -0.05) is 6.42 Å². The molecular formula is C11H19NO2. The van der Waals surface area contributed by atoms with Gasteiger partial charge in [0.25, 0.3) is 0 Å². The first-order chi connectivity index (χ1) is 6.79. The fraction of sp³-hybridized carbons (Fsp3) is 0.909. The van der Waals surface area contributed by atoms with Crippen LogP contribution in [0.2, 0.25) is 0 Å². The second-order valence-electron chi connectivity index (χ2n) is 4.51. The fourth-order valence-electron chi connectivity index (χ4n) is 2.87. The normalized spacial score (nSPS) is 35.6. The number of hydrogen-bond donors (Lipinski definition) is 1. The summed E-state index contributed by atoms with van der Waals surface area (Å²) >= 11 is 0. The quantitative estimate of drug-likeness (QED) is 0.696. The first-order valence-corrected chi connectivity index (χ1v) is 5.62. The number of piperidine rings is 1. The topological polar surface area (TPSA) is 38.3 Å². The highest BCUT2D eigenvalue weighted by molar-refractivity contribution is 5.69. The van der Waals surface area contributed by atoms with E-state index < -0.39 is 0 Å². The Morgan fingerprint density at radius 3 is 3.07 bits per heavy atom. The summed E-state index contributed by atoms with van der Waals surface area (Å²) in [5.74, 6) is 0.646. The summed E-state index contributed by atoms with van der Waals surface area (Å²) in [5, 5.41) is 3.63. The van der Waals surface area contributed by atoms with E-state index in [4.69, 9.17) is 0 Å².